The van der Waals surface area contributed by atoms with E-state index in [1.165, 1.54) is 6.42 Å². The number of imidazole rings is 1. The van der Waals surface area contributed by atoms with Gasteiger partial charge in [0.15, 0.2) is 11.3 Å². The molecule has 3 aliphatic rings. The number of carbonyl (C=O) groups is 3. The van der Waals surface area contributed by atoms with E-state index in [9.17, 15) is 9.59 Å². The summed E-state index contributed by atoms with van der Waals surface area (Å²) in [7, 11) is 0. The Balaban J connectivity index is 0.000000730. The zero-order valence-electron chi connectivity index (χ0n) is 17.8. The Morgan fingerprint density at radius 1 is 1.26 bits per heavy atom. The molecular formula is C22H29N5O4. The van der Waals surface area contributed by atoms with Gasteiger partial charge in [0.1, 0.15) is 0 Å². The Bertz CT molecular complexity index is 970. The first-order chi connectivity index (χ1) is 15.1. The number of aromatic nitrogens is 3. The van der Waals surface area contributed by atoms with Gasteiger partial charge >= 0.3 is 0 Å². The highest BCUT2D eigenvalue weighted by atomic mass is 16.3. The maximum atomic E-state index is 13.6. The SMILES string of the molecule is CC[C@]1(C(=O)N2CCCCC2)C[C@H]2CC[C@@H]1N2C(=O)c1cnc2cccnn12.O=CO. The standard InChI is InChI=1S/C21H27N5O2.CH2O2/c1-2-21(20(28)24-11-4-3-5-12-24)13-15-8-9-17(21)25(15)19(27)16-14-22-18-7-6-10-23-26(16)18;2-1-3/h6-7,10,14-15,17H,2-5,8-9,11-13H2,1H3;1H,(H,2,3)/t15-,17+,21+;/m1./s1. The molecule has 0 radical (unpaired) electrons. The van der Waals surface area contributed by atoms with Crippen LogP contribution in [0.1, 0.15) is 62.4 Å². The van der Waals surface area contributed by atoms with Gasteiger partial charge in [0.2, 0.25) is 5.91 Å². The summed E-state index contributed by atoms with van der Waals surface area (Å²) in [5.41, 5.74) is 0.734. The summed E-state index contributed by atoms with van der Waals surface area (Å²) in [6, 6.07) is 3.79. The van der Waals surface area contributed by atoms with Crippen molar-refractivity contribution < 1.29 is 19.5 Å². The van der Waals surface area contributed by atoms with Crippen LogP contribution in [0.4, 0.5) is 0 Å². The molecular weight excluding hydrogens is 398 g/mol. The van der Waals surface area contributed by atoms with Gasteiger partial charge in [-0.1, -0.05) is 6.92 Å². The van der Waals surface area contributed by atoms with Crippen LogP contribution in [0.5, 0.6) is 0 Å². The molecule has 2 aromatic rings. The van der Waals surface area contributed by atoms with Crippen LogP contribution in [0.3, 0.4) is 0 Å². The van der Waals surface area contributed by atoms with Gasteiger partial charge in [0.05, 0.1) is 11.6 Å². The number of hydrogen-bond donors (Lipinski definition) is 1. The Morgan fingerprint density at radius 2 is 2.00 bits per heavy atom. The fraction of sp³-hybridized carbons (Fsp3) is 0.591. The molecule has 31 heavy (non-hydrogen) atoms. The average Bonchev–Trinajstić information content (AvgIpc) is 3.51. The minimum atomic E-state index is -0.427. The number of hydrogen-bond acceptors (Lipinski definition) is 5. The van der Waals surface area contributed by atoms with Gasteiger partial charge in [0.25, 0.3) is 12.4 Å². The smallest absolute Gasteiger partial charge is 0.290 e. The van der Waals surface area contributed by atoms with E-state index in [2.05, 4.69) is 21.9 Å². The molecule has 0 aliphatic carbocycles. The summed E-state index contributed by atoms with van der Waals surface area (Å²) in [6.07, 6.45) is 10.1. The van der Waals surface area contributed by atoms with Crippen molar-refractivity contribution in [3.8, 4) is 0 Å². The van der Waals surface area contributed by atoms with Crippen LogP contribution >= 0.6 is 0 Å². The van der Waals surface area contributed by atoms with Crippen LogP contribution in [-0.2, 0) is 9.59 Å². The predicted molar refractivity (Wildman–Crippen MR) is 112 cm³/mol. The van der Waals surface area contributed by atoms with Gasteiger partial charge in [-0.05, 0) is 57.1 Å². The maximum absolute atomic E-state index is 13.6. The fourth-order valence-electron chi connectivity index (χ4n) is 5.77. The number of rotatable bonds is 3. The van der Waals surface area contributed by atoms with Crippen LogP contribution in [0, 0.1) is 5.41 Å². The lowest BCUT2D eigenvalue weighted by atomic mass is 9.70. The van der Waals surface area contributed by atoms with E-state index in [0.717, 1.165) is 51.6 Å². The first-order valence-corrected chi connectivity index (χ1v) is 11.1. The normalized spacial score (nSPS) is 27.1. The van der Waals surface area contributed by atoms with Crippen LogP contribution in [0.15, 0.2) is 24.5 Å². The molecule has 2 amide bonds. The molecule has 1 N–H and O–H groups in total. The van der Waals surface area contributed by atoms with Crippen molar-refractivity contribution in [2.24, 2.45) is 5.41 Å². The van der Waals surface area contributed by atoms with Gasteiger partial charge in [-0.3, -0.25) is 14.4 Å². The third-order valence-corrected chi connectivity index (χ3v) is 7.17. The summed E-state index contributed by atoms with van der Waals surface area (Å²) in [4.78, 5) is 43.8. The molecule has 9 heteroatoms. The molecule has 0 aromatic carbocycles. The van der Waals surface area contributed by atoms with Gasteiger partial charge in [-0.25, -0.2) is 9.50 Å². The van der Waals surface area contributed by atoms with Gasteiger partial charge < -0.3 is 14.9 Å². The van der Waals surface area contributed by atoms with E-state index in [1.54, 1.807) is 16.9 Å². The lowest BCUT2D eigenvalue weighted by molar-refractivity contribution is -0.145. The van der Waals surface area contributed by atoms with Crippen molar-refractivity contribution in [1.29, 1.82) is 0 Å². The summed E-state index contributed by atoms with van der Waals surface area (Å²) in [6.45, 7) is 3.59. The molecule has 3 fully saturated rings. The van der Waals surface area contributed by atoms with E-state index < -0.39 is 5.41 Å². The monoisotopic (exact) mass is 427 g/mol. The number of piperidine rings is 1. The van der Waals surface area contributed by atoms with Crippen LogP contribution < -0.4 is 0 Å². The zero-order chi connectivity index (χ0) is 22.0. The number of carbonyl (C=O) groups excluding carboxylic acids is 2. The van der Waals surface area contributed by atoms with Gasteiger partial charge in [-0.15, -0.1) is 0 Å². The first-order valence-electron chi connectivity index (χ1n) is 11.1. The first kappa shape index (κ1) is 21.3. The van der Waals surface area contributed by atoms with Crippen LogP contribution in [-0.4, -0.2) is 73.0 Å². The highest BCUT2D eigenvalue weighted by molar-refractivity contribution is 5.95. The second-order valence-corrected chi connectivity index (χ2v) is 8.57. The molecule has 5 rings (SSSR count). The molecule has 3 atom stereocenters. The number of nitrogens with zero attached hydrogens (tertiary/aromatic N) is 5. The third kappa shape index (κ3) is 3.45. The largest absolute Gasteiger partial charge is 0.483 e. The minimum absolute atomic E-state index is 0.0151. The van der Waals surface area contributed by atoms with E-state index in [1.807, 2.05) is 17.0 Å². The van der Waals surface area contributed by atoms with E-state index in [-0.39, 0.29) is 30.4 Å². The predicted octanol–water partition coefficient (Wildman–Crippen LogP) is 2.22. The highest BCUT2D eigenvalue weighted by Gasteiger charge is 2.61. The summed E-state index contributed by atoms with van der Waals surface area (Å²) in [5.74, 6) is 0.233. The maximum Gasteiger partial charge on any atom is 0.290 e. The number of likely N-dealkylation sites (tertiary alicyclic amines) is 1. The molecule has 5 heterocycles. The third-order valence-electron chi connectivity index (χ3n) is 7.17. The quantitative estimate of drug-likeness (QED) is 0.753. The second kappa shape index (κ2) is 8.64. The summed E-state index contributed by atoms with van der Waals surface area (Å²) in [5, 5.41) is 11.2. The van der Waals surface area contributed by atoms with Crippen molar-refractivity contribution in [3.63, 3.8) is 0 Å². The van der Waals surface area contributed by atoms with Gasteiger partial charge in [0, 0.05) is 31.4 Å². The number of fused-ring (bicyclic) bond motifs is 3. The lowest BCUT2D eigenvalue weighted by Crippen LogP contribution is -2.52. The second-order valence-electron chi connectivity index (χ2n) is 8.57. The molecule has 2 bridgehead atoms. The van der Waals surface area contributed by atoms with Crippen LogP contribution in [0.25, 0.3) is 5.65 Å². The minimum Gasteiger partial charge on any atom is -0.483 e. The van der Waals surface area contributed by atoms with Crippen molar-refractivity contribution in [2.75, 3.05) is 13.1 Å². The summed E-state index contributed by atoms with van der Waals surface area (Å²) >= 11 is 0. The molecule has 2 aromatic heterocycles. The van der Waals surface area contributed by atoms with E-state index in [0.29, 0.717) is 11.3 Å². The van der Waals surface area contributed by atoms with Gasteiger partial charge in [-0.2, -0.15) is 5.10 Å². The van der Waals surface area contributed by atoms with Crippen molar-refractivity contribution >= 4 is 23.9 Å². The molecule has 9 nitrogen and oxygen atoms in total. The molecule has 3 aliphatic heterocycles. The molecule has 0 saturated carbocycles. The molecule has 3 saturated heterocycles. The van der Waals surface area contributed by atoms with Crippen molar-refractivity contribution in [1.82, 2.24) is 24.4 Å². The zero-order valence-corrected chi connectivity index (χ0v) is 17.8. The Hall–Kier alpha value is -2.97. The lowest BCUT2D eigenvalue weighted by Gasteiger charge is -2.40. The topological polar surface area (TPSA) is 108 Å². The van der Waals surface area contributed by atoms with Crippen molar-refractivity contribution in [3.05, 3.63) is 30.2 Å². The average molecular weight is 428 g/mol. The number of carboxylic acid groups (broad SMARTS) is 1. The molecule has 0 unspecified atom stereocenters. The van der Waals surface area contributed by atoms with Crippen LogP contribution in [0.2, 0.25) is 0 Å². The Morgan fingerprint density at radius 3 is 2.71 bits per heavy atom. The summed E-state index contributed by atoms with van der Waals surface area (Å²) < 4.78 is 1.61. The highest BCUT2D eigenvalue weighted by Crippen LogP contribution is 2.53. The molecule has 0 spiro atoms. The Labute approximate surface area is 181 Å². The molecule has 166 valence electrons. The van der Waals surface area contributed by atoms with E-state index in [4.69, 9.17) is 9.90 Å². The fourth-order valence-corrected chi connectivity index (χ4v) is 5.77. The van der Waals surface area contributed by atoms with Crippen molar-refractivity contribution in [2.45, 2.75) is 64.0 Å². The van der Waals surface area contributed by atoms with E-state index >= 15 is 0 Å². The number of amides is 2. The Kier molecular flexibility index (Phi) is 5.93.